The predicted octanol–water partition coefficient (Wildman–Crippen LogP) is 1.25. The molecule has 0 fully saturated rings. The number of primary sulfonamides is 1. The highest BCUT2D eigenvalue weighted by molar-refractivity contribution is 9.10. The molecule has 3 N–H and O–H groups in total. The molecule has 1 rings (SSSR count). The molecule has 0 radical (unpaired) electrons. The van der Waals surface area contributed by atoms with E-state index in [0.717, 1.165) is 0 Å². The van der Waals surface area contributed by atoms with Crippen molar-refractivity contribution in [3.8, 4) is 0 Å². The maximum absolute atomic E-state index is 11.6. The predicted molar refractivity (Wildman–Crippen MR) is 73.2 cm³/mol. The topological polar surface area (TPSA) is 106 Å². The summed E-state index contributed by atoms with van der Waals surface area (Å²) in [5.74, 6) is -0.00359. The summed E-state index contributed by atoms with van der Waals surface area (Å²) in [6.07, 6.45) is 0.488. The van der Waals surface area contributed by atoms with Crippen molar-refractivity contribution in [2.75, 3.05) is 10.5 Å². The number of sulfonamides is 2. The Bertz CT molecular complexity index is 641. The van der Waals surface area contributed by atoms with Crippen LogP contribution in [0.25, 0.3) is 0 Å². The summed E-state index contributed by atoms with van der Waals surface area (Å²) in [5.41, 5.74) is 0.274. The van der Waals surface area contributed by atoms with E-state index in [1.165, 1.54) is 18.2 Å². The van der Waals surface area contributed by atoms with E-state index in [9.17, 15) is 16.8 Å². The number of halogens is 1. The van der Waals surface area contributed by atoms with Gasteiger partial charge in [-0.2, -0.15) is 0 Å². The average Bonchev–Trinajstić information content (AvgIpc) is 2.19. The highest BCUT2D eigenvalue weighted by Crippen LogP contribution is 2.26. The molecule has 0 spiro atoms. The fourth-order valence-electron chi connectivity index (χ4n) is 1.24. The van der Waals surface area contributed by atoms with Gasteiger partial charge in [0.15, 0.2) is 0 Å². The van der Waals surface area contributed by atoms with Crippen molar-refractivity contribution in [2.24, 2.45) is 5.14 Å². The summed E-state index contributed by atoms with van der Waals surface area (Å²) in [4.78, 5) is -0.0900. The normalized spacial score (nSPS) is 12.4. The van der Waals surface area contributed by atoms with E-state index < -0.39 is 20.0 Å². The van der Waals surface area contributed by atoms with E-state index in [0.29, 0.717) is 10.9 Å². The fraction of sp³-hybridized carbons (Fsp3) is 0.333. The van der Waals surface area contributed by atoms with Crippen LogP contribution < -0.4 is 9.86 Å². The molecule has 0 aliphatic heterocycles. The minimum atomic E-state index is -3.80. The van der Waals surface area contributed by atoms with Gasteiger partial charge in [0.2, 0.25) is 20.0 Å². The molecule has 102 valence electrons. The molecule has 0 heterocycles. The van der Waals surface area contributed by atoms with Gasteiger partial charge in [0.25, 0.3) is 0 Å². The lowest BCUT2D eigenvalue weighted by Crippen LogP contribution is -2.17. The van der Waals surface area contributed by atoms with Crippen molar-refractivity contribution < 1.29 is 16.8 Å². The van der Waals surface area contributed by atoms with Crippen molar-refractivity contribution in [1.29, 1.82) is 0 Å². The van der Waals surface area contributed by atoms with Crippen molar-refractivity contribution in [1.82, 2.24) is 0 Å². The van der Waals surface area contributed by atoms with Crippen LogP contribution in [0, 0.1) is 0 Å². The number of benzene rings is 1. The Balaban J connectivity index is 3.08. The molecule has 18 heavy (non-hydrogen) atoms. The Morgan fingerprint density at radius 3 is 2.33 bits per heavy atom. The molecule has 1 aromatic carbocycles. The number of nitrogens with one attached hydrogen (secondary N) is 1. The molecule has 0 saturated heterocycles. The zero-order valence-corrected chi connectivity index (χ0v) is 12.8. The molecule has 9 heteroatoms. The summed E-state index contributed by atoms with van der Waals surface area (Å²) in [6.45, 7) is 1.75. The molecule has 0 aliphatic rings. The van der Waals surface area contributed by atoms with Crippen molar-refractivity contribution >= 4 is 41.7 Å². The first-order chi connectivity index (χ1) is 8.15. The number of rotatable bonds is 5. The van der Waals surface area contributed by atoms with Gasteiger partial charge >= 0.3 is 0 Å². The Labute approximate surface area is 115 Å². The Morgan fingerprint density at radius 1 is 1.28 bits per heavy atom. The number of anilines is 1. The SMILES string of the molecule is CCCS(=O)(=O)Nc1ccc(S(N)(=O)=O)cc1Br. The molecule has 0 unspecified atom stereocenters. The van der Waals surface area contributed by atoms with Crippen LogP contribution in [0.3, 0.4) is 0 Å². The zero-order valence-electron chi connectivity index (χ0n) is 9.55. The van der Waals surface area contributed by atoms with E-state index >= 15 is 0 Å². The lowest BCUT2D eigenvalue weighted by Gasteiger charge is -2.09. The minimum Gasteiger partial charge on any atom is -0.282 e. The third kappa shape index (κ3) is 4.23. The second-order valence-electron chi connectivity index (χ2n) is 3.61. The summed E-state index contributed by atoms with van der Waals surface area (Å²) >= 11 is 3.10. The summed E-state index contributed by atoms with van der Waals surface area (Å²) in [6, 6.07) is 3.83. The molecule has 0 aliphatic carbocycles. The molecule has 0 amide bonds. The van der Waals surface area contributed by atoms with E-state index in [4.69, 9.17) is 5.14 Å². The van der Waals surface area contributed by atoms with Gasteiger partial charge in [0.05, 0.1) is 16.3 Å². The van der Waals surface area contributed by atoms with Crippen LogP contribution in [0.15, 0.2) is 27.6 Å². The molecule has 0 aromatic heterocycles. The third-order valence-corrected chi connectivity index (χ3v) is 5.05. The van der Waals surface area contributed by atoms with Crippen LogP contribution >= 0.6 is 15.9 Å². The van der Waals surface area contributed by atoms with Gasteiger partial charge in [-0.3, -0.25) is 4.72 Å². The monoisotopic (exact) mass is 356 g/mol. The van der Waals surface area contributed by atoms with E-state index in [-0.39, 0.29) is 16.3 Å². The fourth-order valence-corrected chi connectivity index (χ4v) is 3.70. The van der Waals surface area contributed by atoms with Crippen molar-refractivity contribution in [2.45, 2.75) is 18.2 Å². The van der Waals surface area contributed by atoms with Crippen LogP contribution in [-0.4, -0.2) is 22.6 Å². The van der Waals surface area contributed by atoms with Crippen molar-refractivity contribution in [3.63, 3.8) is 0 Å². The average molecular weight is 357 g/mol. The van der Waals surface area contributed by atoms with Crippen LogP contribution in [0.4, 0.5) is 5.69 Å². The molecular formula is C9H13BrN2O4S2. The first-order valence-corrected chi connectivity index (χ1v) is 8.97. The molecule has 0 bridgehead atoms. The number of hydrogen-bond acceptors (Lipinski definition) is 4. The van der Waals surface area contributed by atoms with Crippen LogP contribution in [0.5, 0.6) is 0 Å². The molecule has 1 aromatic rings. The van der Waals surface area contributed by atoms with Crippen LogP contribution in [-0.2, 0) is 20.0 Å². The highest BCUT2D eigenvalue weighted by atomic mass is 79.9. The largest absolute Gasteiger partial charge is 0.282 e. The second kappa shape index (κ2) is 5.55. The smallest absolute Gasteiger partial charge is 0.238 e. The van der Waals surface area contributed by atoms with Gasteiger partial charge in [-0.25, -0.2) is 22.0 Å². The minimum absolute atomic E-state index is 0.00359. The van der Waals surface area contributed by atoms with Gasteiger partial charge in [-0.15, -0.1) is 0 Å². The zero-order chi connectivity index (χ0) is 14.0. The number of hydrogen-bond donors (Lipinski definition) is 2. The summed E-state index contributed by atoms with van der Waals surface area (Å²) in [5, 5.41) is 4.96. The molecule has 0 saturated carbocycles. The summed E-state index contributed by atoms with van der Waals surface area (Å²) in [7, 11) is -7.22. The molecular weight excluding hydrogens is 344 g/mol. The lowest BCUT2D eigenvalue weighted by molar-refractivity contribution is 0.597. The quantitative estimate of drug-likeness (QED) is 0.827. The Hall–Kier alpha value is -0.640. The van der Waals surface area contributed by atoms with Crippen LogP contribution in [0.1, 0.15) is 13.3 Å². The van der Waals surface area contributed by atoms with E-state index in [1.807, 2.05) is 0 Å². The number of nitrogens with two attached hydrogens (primary N) is 1. The maximum Gasteiger partial charge on any atom is 0.238 e. The van der Waals surface area contributed by atoms with Crippen LogP contribution in [0.2, 0.25) is 0 Å². The molecule has 0 atom stereocenters. The van der Waals surface area contributed by atoms with Gasteiger partial charge in [0, 0.05) is 4.47 Å². The van der Waals surface area contributed by atoms with Gasteiger partial charge in [-0.05, 0) is 40.5 Å². The van der Waals surface area contributed by atoms with Gasteiger partial charge < -0.3 is 0 Å². The van der Waals surface area contributed by atoms with E-state index in [1.54, 1.807) is 6.92 Å². The highest BCUT2D eigenvalue weighted by Gasteiger charge is 2.14. The van der Waals surface area contributed by atoms with Gasteiger partial charge in [-0.1, -0.05) is 6.92 Å². The Kier molecular flexibility index (Phi) is 4.76. The van der Waals surface area contributed by atoms with Gasteiger partial charge in [0.1, 0.15) is 0 Å². The molecule has 6 nitrogen and oxygen atoms in total. The lowest BCUT2D eigenvalue weighted by atomic mass is 10.3. The van der Waals surface area contributed by atoms with Crippen molar-refractivity contribution in [3.05, 3.63) is 22.7 Å². The maximum atomic E-state index is 11.6. The van der Waals surface area contributed by atoms with E-state index in [2.05, 4.69) is 20.7 Å². The second-order valence-corrected chi connectivity index (χ2v) is 7.87. The standard InChI is InChI=1S/C9H13BrN2O4S2/c1-2-5-17(13,14)12-9-4-3-7(6-8(9)10)18(11,15)16/h3-4,6,12H,2,5H2,1H3,(H2,11,15,16). The summed E-state index contributed by atoms with van der Waals surface area (Å²) < 4.78 is 48.0. The first-order valence-electron chi connectivity index (χ1n) is 4.98. The Morgan fingerprint density at radius 2 is 1.89 bits per heavy atom. The third-order valence-electron chi connectivity index (χ3n) is 2.01. The first kappa shape index (κ1) is 15.4.